The molecule has 0 radical (unpaired) electrons. The zero-order valence-corrected chi connectivity index (χ0v) is 15.6. The van der Waals surface area contributed by atoms with E-state index in [0.717, 1.165) is 41.5 Å². The molecule has 132 valence electrons. The number of thiazole rings is 1. The van der Waals surface area contributed by atoms with Gasteiger partial charge >= 0.3 is 0 Å². The van der Waals surface area contributed by atoms with E-state index >= 15 is 0 Å². The Bertz CT molecular complexity index is 971. The molecule has 6 nitrogen and oxygen atoms in total. The second kappa shape index (κ2) is 6.53. The first-order valence-electron chi connectivity index (χ1n) is 8.20. The third-order valence-corrected chi connectivity index (χ3v) is 6.64. The Morgan fingerprint density at radius 1 is 1.12 bits per heavy atom. The number of hydrogen-bond donors (Lipinski definition) is 0. The third kappa shape index (κ3) is 3.35. The van der Waals surface area contributed by atoms with Gasteiger partial charge in [-0.2, -0.15) is 4.31 Å². The number of piperazine rings is 1. The van der Waals surface area contributed by atoms with E-state index in [1.165, 1.54) is 6.26 Å². The molecular weight excluding hydrogens is 356 g/mol. The average molecular weight is 377 g/mol. The van der Waals surface area contributed by atoms with Gasteiger partial charge in [-0.3, -0.25) is 9.30 Å². The van der Waals surface area contributed by atoms with E-state index in [9.17, 15) is 8.42 Å². The van der Waals surface area contributed by atoms with Gasteiger partial charge in [0.1, 0.15) is 0 Å². The number of fused-ring (bicyclic) bond motifs is 1. The average Bonchev–Trinajstić information content (AvgIpc) is 3.18. The van der Waals surface area contributed by atoms with Gasteiger partial charge < -0.3 is 0 Å². The summed E-state index contributed by atoms with van der Waals surface area (Å²) in [5.74, 6) is 0. The van der Waals surface area contributed by atoms with Crippen molar-refractivity contribution in [2.75, 3.05) is 32.4 Å². The van der Waals surface area contributed by atoms with E-state index in [4.69, 9.17) is 4.98 Å². The second-order valence-electron chi connectivity index (χ2n) is 6.27. The van der Waals surface area contributed by atoms with E-state index in [2.05, 4.69) is 27.6 Å². The Morgan fingerprint density at radius 3 is 2.52 bits per heavy atom. The van der Waals surface area contributed by atoms with Gasteiger partial charge in [0.2, 0.25) is 10.0 Å². The number of benzene rings is 1. The van der Waals surface area contributed by atoms with Crippen molar-refractivity contribution in [2.24, 2.45) is 0 Å². The summed E-state index contributed by atoms with van der Waals surface area (Å²) >= 11 is 1.63. The summed E-state index contributed by atoms with van der Waals surface area (Å²) in [7, 11) is -3.10. The van der Waals surface area contributed by atoms with Crippen LogP contribution in [0.2, 0.25) is 0 Å². The Balaban J connectivity index is 1.60. The first-order chi connectivity index (χ1) is 12.0. The van der Waals surface area contributed by atoms with Gasteiger partial charge in [-0.25, -0.2) is 13.4 Å². The van der Waals surface area contributed by atoms with E-state index < -0.39 is 10.0 Å². The summed E-state index contributed by atoms with van der Waals surface area (Å²) in [6, 6.07) is 10.2. The summed E-state index contributed by atoms with van der Waals surface area (Å²) < 4.78 is 27.1. The molecule has 0 unspecified atom stereocenters. The predicted octanol–water partition coefficient (Wildman–Crippen LogP) is 2.14. The smallest absolute Gasteiger partial charge is 0.211 e. The van der Waals surface area contributed by atoms with E-state index in [1.807, 2.05) is 23.6 Å². The summed E-state index contributed by atoms with van der Waals surface area (Å²) in [6.45, 7) is 3.33. The van der Waals surface area contributed by atoms with Gasteiger partial charge in [0, 0.05) is 49.9 Å². The summed E-state index contributed by atoms with van der Waals surface area (Å²) in [4.78, 5) is 8.10. The zero-order valence-electron chi connectivity index (χ0n) is 14.0. The molecule has 4 rings (SSSR count). The molecule has 1 aromatic carbocycles. The van der Waals surface area contributed by atoms with Gasteiger partial charge in [0.05, 0.1) is 17.6 Å². The van der Waals surface area contributed by atoms with Crippen LogP contribution in [0.1, 0.15) is 5.69 Å². The highest BCUT2D eigenvalue weighted by atomic mass is 32.2. The molecule has 0 spiro atoms. The Morgan fingerprint density at radius 2 is 1.84 bits per heavy atom. The van der Waals surface area contributed by atoms with Crippen LogP contribution in [0.15, 0.2) is 41.9 Å². The molecule has 1 fully saturated rings. The number of imidazole rings is 1. The van der Waals surface area contributed by atoms with Crippen molar-refractivity contribution in [1.29, 1.82) is 0 Å². The van der Waals surface area contributed by atoms with E-state index in [1.54, 1.807) is 15.6 Å². The van der Waals surface area contributed by atoms with Crippen LogP contribution >= 0.6 is 11.3 Å². The quantitative estimate of drug-likeness (QED) is 0.700. The van der Waals surface area contributed by atoms with Crippen LogP contribution in [0.3, 0.4) is 0 Å². The maximum Gasteiger partial charge on any atom is 0.211 e. The van der Waals surface area contributed by atoms with Crippen molar-refractivity contribution in [3.8, 4) is 11.3 Å². The molecule has 25 heavy (non-hydrogen) atoms. The Hall–Kier alpha value is -1.74. The molecule has 0 aliphatic carbocycles. The third-order valence-electron chi connectivity index (χ3n) is 4.58. The lowest BCUT2D eigenvalue weighted by atomic mass is 10.1. The molecule has 2 aromatic heterocycles. The molecule has 0 atom stereocenters. The predicted molar refractivity (Wildman–Crippen MR) is 100 cm³/mol. The molecule has 1 saturated heterocycles. The lowest BCUT2D eigenvalue weighted by molar-refractivity contribution is 0.180. The monoisotopic (exact) mass is 376 g/mol. The summed E-state index contributed by atoms with van der Waals surface area (Å²) in [5.41, 5.74) is 3.29. The fraction of sp³-hybridized carbons (Fsp3) is 0.353. The second-order valence-corrected chi connectivity index (χ2v) is 9.12. The first-order valence-corrected chi connectivity index (χ1v) is 10.9. The SMILES string of the molecule is CS(=O)(=O)N1CCN(Cc2c(-c3ccccc3)nc3sccn23)CC1. The number of nitrogens with zero attached hydrogens (tertiary/aromatic N) is 4. The van der Waals surface area contributed by atoms with Crippen LogP contribution in [0.25, 0.3) is 16.2 Å². The van der Waals surface area contributed by atoms with Gasteiger partial charge in [0.15, 0.2) is 4.96 Å². The molecule has 1 aliphatic rings. The highest BCUT2D eigenvalue weighted by Crippen LogP contribution is 2.28. The maximum atomic E-state index is 11.7. The van der Waals surface area contributed by atoms with Gasteiger partial charge in [-0.1, -0.05) is 30.3 Å². The van der Waals surface area contributed by atoms with Crippen molar-refractivity contribution < 1.29 is 8.42 Å². The lowest BCUT2D eigenvalue weighted by Crippen LogP contribution is -2.47. The lowest BCUT2D eigenvalue weighted by Gasteiger charge is -2.33. The highest BCUT2D eigenvalue weighted by Gasteiger charge is 2.25. The molecule has 3 aromatic rings. The van der Waals surface area contributed by atoms with Crippen LogP contribution < -0.4 is 0 Å². The Kier molecular flexibility index (Phi) is 4.36. The fourth-order valence-corrected chi connectivity index (χ4v) is 4.80. The fourth-order valence-electron chi connectivity index (χ4n) is 3.24. The summed E-state index contributed by atoms with van der Waals surface area (Å²) in [5, 5.41) is 2.04. The van der Waals surface area contributed by atoms with Crippen LogP contribution in [-0.2, 0) is 16.6 Å². The number of aromatic nitrogens is 2. The van der Waals surface area contributed by atoms with Crippen LogP contribution in [0.5, 0.6) is 0 Å². The molecule has 8 heteroatoms. The minimum atomic E-state index is -3.10. The van der Waals surface area contributed by atoms with Crippen molar-refractivity contribution in [3.05, 3.63) is 47.6 Å². The van der Waals surface area contributed by atoms with Gasteiger partial charge in [-0.15, -0.1) is 11.3 Å². The molecule has 3 heterocycles. The van der Waals surface area contributed by atoms with Crippen molar-refractivity contribution >= 4 is 26.3 Å². The molecule has 0 amide bonds. The Labute approximate surface area is 151 Å². The molecular formula is C17H20N4O2S2. The standard InChI is InChI=1S/C17H20N4O2S2/c1-25(22,23)20-9-7-19(8-10-20)13-15-16(14-5-3-2-4-6-14)18-17-21(15)11-12-24-17/h2-6,11-12H,7-10,13H2,1H3. The normalized spacial score (nSPS) is 17.3. The summed E-state index contributed by atoms with van der Waals surface area (Å²) in [6.07, 6.45) is 3.34. The molecule has 0 bridgehead atoms. The highest BCUT2D eigenvalue weighted by molar-refractivity contribution is 7.88. The minimum Gasteiger partial charge on any atom is -0.295 e. The number of rotatable bonds is 4. The van der Waals surface area contributed by atoms with Crippen LogP contribution in [0, 0.1) is 0 Å². The number of sulfonamides is 1. The maximum absolute atomic E-state index is 11.7. The van der Waals surface area contributed by atoms with Gasteiger partial charge in [-0.05, 0) is 0 Å². The van der Waals surface area contributed by atoms with Crippen molar-refractivity contribution in [3.63, 3.8) is 0 Å². The van der Waals surface area contributed by atoms with Crippen LogP contribution in [-0.4, -0.2) is 59.4 Å². The molecule has 1 aliphatic heterocycles. The topological polar surface area (TPSA) is 57.9 Å². The van der Waals surface area contributed by atoms with Crippen molar-refractivity contribution in [1.82, 2.24) is 18.6 Å². The molecule has 0 N–H and O–H groups in total. The van der Waals surface area contributed by atoms with E-state index in [0.29, 0.717) is 13.1 Å². The number of hydrogen-bond acceptors (Lipinski definition) is 5. The van der Waals surface area contributed by atoms with Crippen molar-refractivity contribution in [2.45, 2.75) is 6.54 Å². The van der Waals surface area contributed by atoms with Gasteiger partial charge in [0.25, 0.3) is 0 Å². The largest absolute Gasteiger partial charge is 0.295 e. The first kappa shape index (κ1) is 16.7. The minimum absolute atomic E-state index is 0.547. The van der Waals surface area contributed by atoms with Crippen LogP contribution in [0.4, 0.5) is 0 Å². The zero-order chi connectivity index (χ0) is 17.4. The van der Waals surface area contributed by atoms with E-state index in [-0.39, 0.29) is 0 Å². The molecule has 0 saturated carbocycles.